The van der Waals surface area contributed by atoms with Gasteiger partial charge in [-0.25, -0.2) is 0 Å². The molecular weight excluding hydrogens is 254 g/mol. The van der Waals surface area contributed by atoms with E-state index in [9.17, 15) is 9.59 Å². The molecule has 1 aromatic rings. The zero-order chi connectivity index (χ0) is 15.0. The van der Waals surface area contributed by atoms with Crippen LogP contribution < -0.4 is 10.6 Å². The fourth-order valence-corrected chi connectivity index (χ4v) is 1.56. The van der Waals surface area contributed by atoms with Crippen molar-refractivity contribution in [3.8, 4) is 0 Å². The molecule has 0 aliphatic heterocycles. The summed E-state index contributed by atoms with van der Waals surface area (Å²) in [5.74, 6) is -0.391. The standard InChI is InChI=1S/C15H21N3O2/c1-4-8-16-14(19)12-6-5-7-13(11-12)15(20)17-9-10-18(2)3/h4-7,11H,1,8-10H2,2-3H3,(H,16,19)(H,17,20). The highest BCUT2D eigenvalue weighted by Gasteiger charge is 2.09. The summed E-state index contributed by atoms with van der Waals surface area (Å²) >= 11 is 0. The fourth-order valence-electron chi connectivity index (χ4n) is 1.56. The van der Waals surface area contributed by atoms with Crippen molar-refractivity contribution in [1.82, 2.24) is 15.5 Å². The number of benzene rings is 1. The fraction of sp³-hybridized carbons (Fsp3) is 0.333. The van der Waals surface area contributed by atoms with Crippen LogP contribution in [0, 0.1) is 0 Å². The zero-order valence-corrected chi connectivity index (χ0v) is 12.0. The third-order valence-corrected chi connectivity index (χ3v) is 2.64. The van der Waals surface area contributed by atoms with E-state index in [1.165, 1.54) is 0 Å². The van der Waals surface area contributed by atoms with Crippen molar-refractivity contribution in [3.63, 3.8) is 0 Å². The molecule has 2 amide bonds. The largest absolute Gasteiger partial charge is 0.351 e. The van der Waals surface area contributed by atoms with Gasteiger partial charge in [0.15, 0.2) is 0 Å². The van der Waals surface area contributed by atoms with Crippen molar-refractivity contribution in [1.29, 1.82) is 0 Å². The van der Waals surface area contributed by atoms with Crippen LogP contribution in [0.3, 0.4) is 0 Å². The molecule has 0 heterocycles. The first-order chi connectivity index (χ1) is 9.54. The lowest BCUT2D eigenvalue weighted by Gasteiger charge is -2.11. The summed E-state index contributed by atoms with van der Waals surface area (Å²) < 4.78 is 0. The molecule has 5 heteroatoms. The van der Waals surface area contributed by atoms with Crippen molar-refractivity contribution in [2.75, 3.05) is 33.7 Å². The quantitative estimate of drug-likeness (QED) is 0.727. The monoisotopic (exact) mass is 275 g/mol. The number of carbonyl (C=O) groups excluding carboxylic acids is 2. The number of rotatable bonds is 7. The average Bonchev–Trinajstić information content (AvgIpc) is 2.44. The third kappa shape index (κ3) is 5.24. The minimum absolute atomic E-state index is 0.176. The Morgan fingerprint density at radius 3 is 2.35 bits per heavy atom. The van der Waals surface area contributed by atoms with Crippen LogP contribution in [0.5, 0.6) is 0 Å². The Morgan fingerprint density at radius 2 is 1.80 bits per heavy atom. The van der Waals surface area contributed by atoms with Crippen LogP contribution in [-0.2, 0) is 0 Å². The number of likely N-dealkylation sites (N-methyl/N-ethyl adjacent to an activating group) is 1. The molecule has 2 N–H and O–H groups in total. The number of carbonyl (C=O) groups is 2. The first-order valence-electron chi connectivity index (χ1n) is 6.46. The lowest BCUT2D eigenvalue weighted by atomic mass is 10.1. The van der Waals surface area contributed by atoms with Gasteiger partial charge >= 0.3 is 0 Å². The number of amides is 2. The molecule has 0 aliphatic carbocycles. The second-order valence-corrected chi connectivity index (χ2v) is 4.64. The second kappa shape index (κ2) is 8.12. The van der Waals surface area contributed by atoms with Gasteiger partial charge in [0.1, 0.15) is 0 Å². The molecule has 0 spiro atoms. The lowest BCUT2D eigenvalue weighted by molar-refractivity contribution is 0.0951. The van der Waals surface area contributed by atoms with Gasteiger partial charge in [-0.1, -0.05) is 12.1 Å². The smallest absolute Gasteiger partial charge is 0.251 e. The topological polar surface area (TPSA) is 61.4 Å². The first kappa shape index (κ1) is 15.9. The molecule has 5 nitrogen and oxygen atoms in total. The van der Waals surface area contributed by atoms with Gasteiger partial charge in [-0.05, 0) is 32.3 Å². The first-order valence-corrected chi connectivity index (χ1v) is 6.46. The van der Waals surface area contributed by atoms with Crippen molar-refractivity contribution in [3.05, 3.63) is 48.0 Å². The van der Waals surface area contributed by atoms with Gasteiger partial charge < -0.3 is 15.5 Å². The van der Waals surface area contributed by atoms with E-state index in [2.05, 4.69) is 17.2 Å². The summed E-state index contributed by atoms with van der Waals surface area (Å²) in [5, 5.41) is 5.49. The van der Waals surface area contributed by atoms with Gasteiger partial charge in [0.25, 0.3) is 11.8 Å². The molecule has 0 bridgehead atoms. The van der Waals surface area contributed by atoms with Gasteiger partial charge in [-0.2, -0.15) is 0 Å². The van der Waals surface area contributed by atoms with E-state index in [0.717, 1.165) is 6.54 Å². The van der Waals surface area contributed by atoms with Crippen LogP contribution in [-0.4, -0.2) is 50.4 Å². The summed E-state index contributed by atoms with van der Waals surface area (Å²) in [5.41, 5.74) is 0.946. The number of hydrogen-bond donors (Lipinski definition) is 2. The Bertz CT molecular complexity index is 484. The highest BCUT2D eigenvalue weighted by molar-refractivity contribution is 5.99. The summed E-state index contributed by atoms with van der Waals surface area (Å²) in [6, 6.07) is 6.65. The normalized spacial score (nSPS) is 10.2. The lowest BCUT2D eigenvalue weighted by Crippen LogP contribution is -2.31. The molecule has 0 unspecified atom stereocenters. The molecule has 108 valence electrons. The van der Waals surface area contributed by atoms with Crippen LogP contribution >= 0.6 is 0 Å². The van der Waals surface area contributed by atoms with E-state index < -0.39 is 0 Å². The highest BCUT2D eigenvalue weighted by atomic mass is 16.2. The minimum atomic E-state index is -0.215. The van der Waals surface area contributed by atoms with Crippen LogP contribution in [0.2, 0.25) is 0 Å². The van der Waals surface area contributed by atoms with Crippen LogP contribution in [0.15, 0.2) is 36.9 Å². The molecular formula is C15H21N3O2. The van der Waals surface area contributed by atoms with E-state index in [4.69, 9.17) is 0 Å². The minimum Gasteiger partial charge on any atom is -0.351 e. The van der Waals surface area contributed by atoms with Crippen molar-refractivity contribution < 1.29 is 9.59 Å². The molecule has 0 saturated carbocycles. The van der Waals surface area contributed by atoms with Crippen molar-refractivity contribution >= 4 is 11.8 Å². The number of nitrogens with one attached hydrogen (secondary N) is 2. The van der Waals surface area contributed by atoms with Crippen molar-refractivity contribution in [2.24, 2.45) is 0 Å². The predicted octanol–water partition coefficient (Wildman–Crippen LogP) is 0.894. The van der Waals surface area contributed by atoms with Gasteiger partial charge in [0, 0.05) is 30.8 Å². The van der Waals surface area contributed by atoms with E-state index in [1.54, 1.807) is 30.3 Å². The van der Waals surface area contributed by atoms with Gasteiger partial charge in [0.2, 0.25) is 0 Å². The third-order valence-electron chi connectivity index (χ3n) is 2.64. The summed E-state index contributed by atoms with van der Waals surface area (Å²) in [4.78, 5) is 25.7. The maximum atomic E-state index is 11.9. The molecule has 1 aromatic carbocycles. The SMILES string of the molecule is C=CCNC(=O)c1cccc(C(=O)NCCN(C)C)c1. The molecule has 0 aliphatic rings. The van der Waals surface area contributed by atoms with E-state index >= 15 is 0 Å². The van der Waals surface area contributed by atoms with Gasteiger partial charge in [0.05, 0.1) is 0 Å². The van der Waals surface area contributed by atoms with E-state index in [-0.39, 0.29) is 11.8 Å². The zero-order valence-electron chi connectivity index (χ0n) is 12.0. The molecule has 0 aromatic heterocycles. The van der Waals surface area contributed by atoms with Gasteiger partial charge in [-0.3, -0.25) is 9.59 Å². The summed E-state index contributed by atoms with van der Waals surface area (Å²) in [7, 11) is 3.88. The molecule has 0 atom stereocenters. The second-order valence-electron chi connectivity index (χ2n) is 4.64. The Kier molecular flexibility index (Phi) is 6.46. The molecule has 0 fully saturated rings. The molecule has 0 radical (unpaired) electrons. The Labute approximate surface area is 119 Å². The van der Waals surface area contributed by atoms with Crippen LogP contribution in [0.25, 0.3) is 0 Å². The van der Waals surface area contributed by atoms with Crippen LogP contribution in [0.1, 0.15) is 20.7 Å². The van der Waals surface area contributed by atoms with E-state index in [1.807, 2.05) is 19.0 Å². The number of hydrogen-bond acceptors (Lipinski definition) is 3. The number of nitrogens with zero attached hydrogens (tertiary/aromatic N) is 1. The van der Waals surface area contributed by atoms with E-state index in [0.29, 0.717) is 24.2 Å². The predicted molar refractivity (Wildman–Crippen MR) is 79.9 cm³/mol. The molecule has 0 saturated heterocycles. The summed E-state index contributed by atoms with van der Waals surface area (Å²) in [6.07, 6.45) is 1.61. The average molecular weight is 275 g/mol. The Morgan fingerprint density at radius 1 is 1.20 bits per heavy atom. The Balaban J connectivity index is 2.64. The molecule has 20 heavy (non-hydrogen) atoms. The summed E-state index contributed by atoms with van der Waals surface area (Å²) in [6.45, 7) is 5.28. The van der Waals surface area contributed by atoms with Gasteiger partial charge in [-0.15, -0.1) is 6.58 Å². The maximum Gasteiger partial charge on any atom is 0.251 e. The highest BCUT2D eigenvalue weighted by Crippen LogP contribution is 2.05. The van der Waals surface area contributed by atoms with Crippen LogP contribution in [0.4, 0.5) is 0 Å². The Hall–Kier alpha value is -2.14. The maximum absolute atomic E-state index is 11.9. The molecule has 1 rings (SSSR count). The van der Waals surface area contributed by atoms with Crippen molar-refractivity contribution in [2.45, 2.75) is 0 Å².